The first-order valence-corrected chi connectivity index (χ1v) is 5.55. The van der Waals surface area contributed by atoms with Crippen molar-refractivity contribution in [2.24, 2.45) is 0 Å². The second kappa shape index (κ2) is 5.07. The molecule has 0 bridgehead atoms. The molecule has 0 unspecified atom stereocenters. The van der Waals surface area contributed by atoms with Gasteiger partial charge in [0.05, 0.1) is 19.9 Å². The number of ether oxygens (including phenoxy) is 3. The Bertz CT molecular complexity index is 540. The highest BCUT2D eigenvalue weighted by atomic mass is 32.1. The van der Waals surface area contributed by atoms with E-state index in [-0.39, 0.29) is 0 Å². The lowest BCUT2D eigenvalue weighted by atomic mass is 10.4. The van der Waals surface area contributed by atoms with E-state index in [1.165, 1.54) is 24.6 Å². The summed E-state index contributed by atoms with van der Waals surface area (Å²) in [5.74, 6) is 0.304. The zero-order valence-electron chi connectivity index (χ0n) is 9.30. The SMILES string of the molecule is COCc1nc2cc(OC(=O)OC)cnc2s1. The molecule has 90 valence electrons. The van der Waals surface area contributed by atoms with E-state index >= 15 is 0 Å². The molecule has 2 aromatic rings. The van der Waals surface area contributed by atoms with Crippen LogP contribution in [-0.4, -0.2) is 30.3 Å². The summed E-state index contributed by atoms with van der Waals surface area (Å²) >= 11 is 1.44. The largest absolute Gasteiger partial charge is 0.513 e. The standard InChI is InChI=1S/C10H10N2O4S/c1-14-5-8-12-7-3-6(16-10(13)15-2)4-11-9(7)17-8/h3-4H,5H2,1-2H3. The number of thiazole rings is 1. The van der Waals surface area contributed by atoms with E-state index in [9.17, 15) is 4.79 Å². The second-order valence-electron chi connectivity index (χ2n) is 3.09. The molecular formula is C10H10N2O4S. The molecule has 2 rings (SSSR count). The average molecular weight is 254 g/mol. The van der Waals surface area contributed by atoms with E-state index in [1.807, 2.05) is 0 Å². The first kappa shape index (κ1) is 11.7. The predicted octanol–water partition coefficient (Wildman–Crippen LogP) is 1.98. The lowest BCUT2D eigenvalue weighted by Crippen LogP contribution is -2.07. The number of aromatic nitrogens is 2. The van der Waals surface area contributed by atoms with Gasteiger partial charge in [0.1, 0.15) is 15.4 Å². The lowest BCUT2D eigenvalue weighted by molar-refractivity contribution is 0.121. The van der Waals surface area contributed by atoms with Crippen LogP contribution in [-0.2, 0) is 16.1 Å². The van der Waals surface area contributed by atoms with Gasteiger partial charge < -0.3 is 14.2 Å². The molecule has 0 atom stereocenters. The molecule has 0 radical (unpaired) electrons. The minimum Gasteiger partial charge on any atom is -0.437 e. The fourth-order valence-corrected chi connectivity index (χ4v) is 2.09. The van der Waals surface area contributed by atoms with Gasteiger partial charge in [-0.25, -0.2) is 14.8 Å². The number of nitrogens with zero attached hydrogens (tertiary/aromatic N) is 2. The topological polar surface area (TPSA) is 70.5 Å². The summed E-state index contributed by atoms with van der Waals surface area (Å²) in [5, 5.41) is 0.824. The van der Waals surface area contributed by atoms with Crippen molar-refractivity contribution in [1.29, 1.82) is 0 Å². The van der Waals surface area contributed by atoms with Crippen LogP contribution < -0.4 is 4.74 Å². The first-order chi connectivity index (χ1) is 8.22. The summed E-state index contributed by atoms with van der Waals surface area (Å²) in [7, 11) is 2.85. The van der Waals surface area contributed by atoms with Gasteiger partial charge in [0, 0.05) is 13.2 Å². The van der Waals surface area contributed by atoms with Crippen LogP contribution in [0.4, 0.5) is 4.79 Å². The minimum atomic E-state index is -0.779. The fraction of sp³-hybridized carbons (Fsp3) is 0.300. The van der Waals surface area contributed by atoms with Crippen LogP contribution >= 0.6 is 11.3 Å². The molecule has 0 spiro atoms. The maximum absolute atomic E-state index is 10.9. The zero-order chi connectivity index (χ0) is 12.3. The number of carbonyl (C=O) groups excluding carboxylic acids is 1. The molecule has 0 aliphatic rings. The number of fused-ring (bicyclic) bond motifs is 1. The Labute approximate surface area is 101 Å². The van der Waals surface area contributed by atoms with Crippen LogP contribution in [0.2, 0.25) is 0 Å². The molecule has 0 fully saturated rings. The molecule has 0 saturated heterocycles. The molecular weight excluding hydrogens is 244 g/mol. The molecule has 6 nitrogen and oxygen atoms in total. The molecule has 0 N–H and O–H groups in total. The number of rotatable bonds is 3. The van der Waals surface area contributed by atoms with Gasteiger partial charge in [0.25, 0.3) is 0 Å². The van der Waals surface area contributed by atoms with Gasteiger partial charge in [0.15, 0.2) is 5.75 Å². The van der Waals surface area contributed by atoms with Crippen LogP contribution in [0.15, 0.2) is 12.3 Å². The zero-order valence-corrected chi connectivity index (χ0v) is 10.1. The Morgan fingerprint density at radius 3 is 3.00 bits per heavy atom. The van der Waals surface area contributed by atoms with E-state index in [4.69, 9.17) is 9.47 Å². The van der Waals surface area contributed by atoms with Crippen LogP contribution in [0, 0.1) is 0 Å². The maximum atomic E-state index is 10.9. The highest BCUT2D eigenvalue weighted by molar-refractivity contribution is 7.18. The smallest absolute Gasteiger partial charge is 0.437 e. The third kappa shape index (κ3) is 2.69. The van der Waals surface area contributed by atoms with Gasteiger partial charge in [0.2, 0.25) is 0 Å². The highest BCUT2D eigenvalue weighted by Gasteiger charge is 2.09. The first-order valence-electron chi connectivity index (χ1n) is 4.73. The Morgan fingerprint density at radius 2 is 2.29 bits per heavy atom. The van der Waals surface area contributed by atoms with Crippen LogP contribution in [0.25, 0.3) is 10.3 Å². The molecule has 17 heavy (non-hydrogen) atoms. The molecule has 0 aromatic carbocycles. The monoisotopic (exact) mass is 254 g/mol. The van der Waals surface area contributed by atoms with Gasteiger partial charge in [-0.05, 0) is 0 Å². The third-order valence-electron chi connectivity index (χ3n) is 1.90. The average Bonchev–Trinajstić information content (AvgIpc) is 2.71. The Kier molecular flexibility index (Phi) is 3.50. The number of hydrogen-bond acceptors (Lipinski definition) is 7. The molecule has 0 saturated carbocycles. The molecule has 0 aliphatic heterocycles. The highest BCUT2D eigenvalue weighted by Crippen LogP contribution is 2.24. The summed E-state index contributed by atoms with van der Waals surface area (Å²) in [6.45, 7) is 0.439. The molecule has 2 heterocycles. The van der Waals surface area contributed by atoms with Crippen LogP contribution in [0.3, 0.4) is 0 Å². The third-order valence-corrected chi connectivity index (χ3v) is 2.86. The second-order valence-corrected chi connectivity index (χ2v) is 4.15. The number of carbonyl (C=O) groups is 1. The Hall–Kier alpha value is -1.73. The summed E-state index contributed by atoms with van der Waals surface area (Å²) in [6.07, 6.45) is 0.673. The molecule has 0 amide bonds. The van der Waals surface area contributed by atoms with Gasteiger partial charge in [-0.15, -0.1) is 0 Å². The van der Waals surface area contributed by atoms with Crippen molar-refractivity contribution in [3.8, 4) is 5.75 Å². The number of hydrogen-bond donors (Lipinski definition) is 0. The molecule has 2 aromatic heterocycles. The fourth-order valence-electron chi connectivity index (χ4n) is 1.23. The summed E-state index contributed by atoms with van der Waals surface area (Å²) < 4.78 is 14.2. The van der Waals surface area contributed by atoms with Crippen molar-refractivity contribution in [3.63, 3.8) is 0 Å². The molecule has 7 heteroatoms. The van der Waals surface area contributed by atoms with Crippen molar-refractivity contribution < 1.29 is 19.0 Å². The Morgan fingerprint density at radius 1 is 1.47 bits per heavy atom. The predicted molar refractivity (Wildman–Crippen MR) is 61.2 cm³/mol. The van der Waals surface area contributed by atoms with Crippen molar-refractivity contribution in [3.05, 3.63) is 17.3 Å². The van der Waals surface area contributed by atoms with E-state index in [2.05, 4.69) is 14.7 Å². The van der Waals surface area contributed by atoms with Crippen LogP contribution in [0.5, 0.6) is 5.75 Å². The van der Waals surface area contributed by atoms with Gasteiger partial charge in [-0.2, -0.15) is 0 Å². The quantitative estimate of drug-likeness (QED) is 0.780. The maximum Gasteiger partial charge on any atom is 0.513 e. The number of pyridine rings is 1. The van der Waals surface area contributed by atoms with Gasteiger partial charge in [-0.1, -0.05) is 11.3 Å². The van der Waals surface area contributed by atoms with E-state index < -0.39 is 6.16 Å². The van der Waals surface area contributed by atoms with Crippen LogP contribution in [0.1, 0.15) is 5.01 Å². The summed E-state index contributed by atoms with van der Waals surface area (Å²) in [4.78, 5) is 20.1. The van der Waals surface area contributed by atoms with Crippen molar-refractivity contribution in [2.45, 2.75) is 6.61 Å². The normalized spacial score (nSPS) is 10.5. The molecule has 0 aliphatic carbocycles. The number of methoxy groups -OCH3 is 2. The summed E-state index contributed by atoms with van der Waals surface area (Å²) in [6, 6.07) is 1.63. The van der Waals surface area contributed by atoms with Gasteiger partial charge in [-0.3, -0.25) is 0 Å². The van der Waals surface area contributed by atoms with E-state index in [0.29, 0.717) is 17.9 Å². The van der Waals surface area contributed by atoms with E-state index in [0.717, 1.165) is 9.84 Å². The summed E-state index contributed by atoms with van der Waals surface area (Å²) in [5.41, 5.74) is 0.670. The van der Waals surface area contributed by atoms with Crippen molar-refractivity contribution in [2.75, 3.05) is 14.2 Å². The Balaban J connectivity index is 2.26. The van der Waals surface area contributed by atoms with E-state index in [1.54, 1.807) is 13.2 Å². The lowest BCUT2D eigenvalue weighted by Gasteiger charge is -2.00. The van der Waals surface area contributed by atoms with Gasteiger partial charge >= 0.3 is 6.16 Å². The minimum absolute atomic E-state index is 0.304. The van der Waals surface area contributed by atoms with Crippen molar-refractivity contribution in [1.82, 2.24) is 9.97 Å². The van der Waals surface area contributed by atoms with Crippen molar-refractivity contribution >= 4 is 27.8 Å².